The van der Waals surface area contributed by atoms with Crippen molar-refractivity contribution in [2.45, 2.75) is 19.4 Å². The summed E-state index contributed by atoms with van der Waals surface area (Å²) in [4.78, 5) is 11.5. The van der Waals surface area contributed by atoms with E-state index in [2.05, 4.69) is 44.1 Å². The summed E-state index contributed by atoms with van der Waals surface area (Å²) in [6, 6.07) is 11.0. The van der Waals surface area contributed by atoms with Crippen LogP contribution in [0.2, 0.25) is 0 Å². The Bertz CT molecular complexity index is 1040. The molecule has 0 aliphatic carbocycles. The molecular formula is C24H31FN6O. The van der Waals surface area contributed by atoms with Gasteiger partial charge in [0.25, 0.3) is 0 Å². The van der Waals surface area contributed by atoms with E-state index in [1.807, 2.05) is 24.4 Å². The van der Waals surface area contributed by atoms with Crippen LogP contribution in [0, 0.1) is 12.7 Å². The highest BCUT2D eigenvalue weighted by Crippen LogP contribution is 2.21. The number of pyridine rings is 1. The zero-order chi connectivity index (χ0) is 22.3. The van der Waals surface area contributed by atoms with Crippen LogP contribution in [0.25, 0.3) is 5.65 Å². The number of rotatable bonds is 7. The lowest BCUT2D eigenvalue weighted by Gasteiger charge is -2.35. The number of benzene rings is 1. The summed E-state index contributed by atoms with van der Waals surface area (Å²) in [5, 5.41) is 6.82. The van der Waals surface area contributed by atoms with E-state index in [1.54, 1.807) is 7.05 Å². The van der Waals surface area contributed by atoms with Gasteiger partial charge in [0.1, 0.15) is 11.5 Å². The van der Waals surface area contributed by atoms with Gasteiger partial charge in [0, 0.05) is 52.0 Å². The zero-order valence-electron chi connectivity index (χ0n) is 18.7. The molecule has 3 aromatic rings. The fraction of sp³-hybridized carbons (Fsp3) is 0.417. The van der Waals surface area contributed by atoms with E-state index < -0.39 is 0 Å². The number of aryl methyl sites for hydroxylation is 1. The van der Waals surface area contributed by atoms with E-state index in [0.29, 0.717) is 19.8 Å². The van der Waals surface area contributed by atoms with Crippen molar-refractivity contribution in [3.8, 4) is 0 Å². The number of aliphatic imine (C=N–C) groups is 1. The number of aromatic nitrogens is 2. The normalized spacial score (nSPS) is 16.3. The second-order valence-electron chi connectivity index (χ2n) is 8.00. The van der Waals surface area contributed by atoms with Gasteiger partial charge in [0.15, 0.2) is 5.96 Å². The van der Waals surface area contributed by atoms with Crippen LogP contribution in [0.3, 0.4) is 0 Å². The van der Waals surface area contributed by atoms with Gasteiger partial charge in [-0.1, -0.05) is 18.2 Å². The maximum Gasteiger partial charge on any atom is 0.191 e. The summed E-state index contributed by atoms with van der Waals surface area (Å²) in [6.07, 6.45) is 4.89. The molecule has 0 saturated carbocycles. The van der Waals surface area contributed by atoms with E-state index in [-0.39, 0.29) is 11.9 Å². The maximum absolute atomic E-state index is 13.4. The Balaban J connectivity index is 1.34. The predicted octanol–water partition coefficient (Wildman–Crippen LogP) is 2.56. The van der Waals surface area contributed by atoms with Gasteiger partial charge in [-0.3, -0.25) is 9.89 Å². The lowest BCUT2D eigenvalue weighted by Crippen LogP contribution is -2.46. The fourth-order valence-corrected chi connectivity index (χ4v) is 4.08. The van der Waals surface area contributed by atoms with Crippen LogP contribution in [-0.2, 0) is 11.2 Å². The van der Waals surface area contributed by atoms with E-state index in [1.165, 1.54) is 17.7 Å². The largest absolute Gasteiger partial charge is 0.379 e. The standard InChI is InChI=1S/C24H31FN6O/c1-18-4-3-11-31-17-21(29-23(18)31)9-10-27-24(26-2)28-16-22(30-12-14-32-15-13-30)19-5-7-20(25)8-6-19/h3-8,11,17,22H,9-10,12-16H2,1-2H3,(H2,26,27,28). The third-order valence-electron chi connectivity index (χ3n) is 5.83. The van der Waals surface area contributed by atoms with Crippen LogP contribution in [-0.4, -0.2) is 66.7 Å². The number of nitrogens with one attached hydrogen (secondary N) is 2. The molecule has 2 N–H and O–H groups in total. The Labute approximate surface area is 188 Å². The number of halogens is 1. The summed E-state index contributed by atoms with van der Waals surface area (Å²) in [6.45, 7) is 6.58. The number of nitrogens with zero attached hydrogens (tertiary/aromatic N) is 4. The second kappa shape index (κ2) is 10.6. The molecule has 1 aromatic carbocycles. The average molecular weight is 439 g/mol. The predicted molar refractivity (Wildman–Crippen MR) is 125 cm³/mol. The molecule has 0 spiro atoms. The first-order valence-electron chi connectivity index (χ1n) is 11.1. The van der Waals surface area contributed by atoms with Crippen LogP contribution >= 0.6 is 0 Å². The summed E-state index contributed by atoms with van der Waals surface area (Å²) in [5.41, 5.74) is 4.29. The Kier molecular flexibility index (Phi) is 7.34. The molecule has 7 nitrogen and oxygen atoms in total. The highest BCUT2D eigenvalue weighted by atomic mass is 19.1. The van der Waals surface area contributed by atoms with Gasteiger partial charge >= 0.3 is 0 Å². The first-order valence-corrected chi connectivity index (χ1v) is 11.1. The molecule has 170 valence electrons. The Morgan fingerprint density at radius 1 is 1.19 bits per heavy atom. The molecule has 1 aliphatic heterocycles. The SMILES string of the molecule is CN=C(NCCc1cn2cccc(C)c2n1)NCC(c1ccc(F)cc1)N1CCOCC1. The average Bonchev–Trinajstić information content (AvgIpc) is 3.24. The van der Waals surface area contributed by atoms with Crippen molar-refractivity contribution in [3.05, 3.63) is 71.4 Å². The molecule has 1 fully saturated rings. The van der Waals surface area contributed by atoms with Crippen molar-refractivity contribution in [2.24, 2.45) is 4.99 Å². The molecule has 1 unspecified atom stereocenters. The number of imidazole rings is 1. The van der Waals surface area contributed by atoms with Crippen molar-refractivity contribution in [1.82, 2.24) is 24.9 Å². The fourth-order valence-electron chi connectivity index (χ4n) is 4.08. The van der Waals surface area contributed by atoms with Crippen LogP contribution in [0.5, 0.6) is 0 Å². The van der Waals surface area contributed by atoms with Crippen molar-refractivity contribution in [2.75, 3.05) is 46.4 Å². The molecule has 4 rings (SSSR count). The highest BCUT2D eigenvalue weighted by Gasteiger charge is 2.23. The number of hydrogen-bond donors (Lipinski definition) is 2. The molecular weight excluding hydrogens is 407 g/mol. The third kappa shape index (κ3) is 5.44. The number of hydrogen-bond acceptors (Lipinski definition) is 4. The Morgan fingerprint density at radius 2 is 1.97 bits per heavy atom. The molecule has 2 aromatic heterocycles. The highest BCUT2D eigenvalue weighted by molar-refractivity contribution is 5.79. The molecule has 8 heteroatoms. The van der Waals surface area contributed by atoms with Crippen LogP contribution in [0.15, 0.2) is 53.8 Å². The van der Waals surface area contributed by atoms with Crippen LogP contribution in [0.4, 0.5) is 4.39 Å². The summed E-state index contributed by atoms with van der Waals surface area (Å²) in [5.74, 6) is 0.521. The smallest absolute Gasteiger partial charge is 0.191 e. The molecule has 3 heterocycles. The minimum atomic E-state index is -0.220. The van der Waals surface area contributed by atoms with Gasteiger partial charge in [0.2, 0.25) is 0 Å². The molecule has 1 aliphatic rings. The first kappa shape index (κ1) is 22.2. The van der Waals surface area contributed by atoms with E-state index in [4.69, 9.17) is 9.72 Å². The lowest BCUT2D eigenvalue weighted by molar-refractivity contribution is 0.0170. The van der Waals surface area contributed by atoms with Gasteiger partial charge in [-0.15, -0.1) is 0 Å². The molecule has 0 radical (unpaired) electrons. The van der Waals surface area contributed by atoms with Crippen molar-refractivity contribution < 1.29 is 9.13 Å². The van der Waals surface area contributed by atoms with Gasteiger partial charge in [0.05, 0.1) is 24.9 Å². The number of ether oxygens (including phenoxy) is 1. The number of guanidine groups is 1. The van der Waals surface area contributed by atoms with Gasteiger partial charge in [-0.25, -0.2) is 9.37 Å². The van der Waals surface area contributed by atoms with E-state index in [9.17, 15) is 4.39 Å². The number of morpholine rings is 1. The van der Waals surface area contributed by atoms with Crippen molar-refractivity contribution >= 4 is 11.6 Å². The minimum absolute atomic E-state index is 0.111. The number of fused-ring (bicyclic) bond motifs is 1. The summed E-state index contributed by atoms with van der Waals surface area (Å²) < 4.78 is 21.0. The summed E-state index contributed by atoms with van der Waals surface area (Å²) in [7, 11) is 1.77. The Morgan fingerprint density at radius 3 is 2.69 bits per heavy atom. The van der Waals surface area contributed by atoms with Crippen LogP contribution < -0.4 is 10.6 Å². The van der Waals surface area contributed by atoms with Crippen LogP contribution in [0.1, 0.15) is 22.9 Å². The minimum Gasteiger partial charge on any atom is -0.379 e. The molecule has 32 heavy (non-hydrogen) atoms. The van der Waals surface area contributed by atoms with Gasteiger partial charge in [-0.05, 0) is 36.2 Å². The van der Waals surface area contributed by atoms with Gasteiger partial charge in [-0.2, -0.15) is 0 Å². The van der Waals surface area contributed by atoms with E-state index in [0.717, 1.165) is 48.9 Å². The molecule has 0 amide bonds. The Hall–Kier alpha value is -2.97. The quantitative estimate of drug-likeness (QED) is 0.439. The van der Waals surface area contributed by atoms with Crippen molar-refractivity contribution in [3.63, 3.8) is 0 Å². The molecule has 1 atom stereocenters. The first-order chi connectivity index (χ1) is 15.6. The monoisotopic (exact) mass is 438 g/mol. The van der Waals surface area contributed by atoms with E-state index >= 15 is 0 Å². The molecule has 1 saturated heterocycles. The molecule has 0 bridgehead atoms. The second-order valence-corrected chi connectivity index (χ2v) is 8.00. The third-order valence-corrected chi connectivity index (χ3v) is 5.83. The summed E-state index contributed by atoms with van der Waals surface area (Å²) >= 11 is 0. The van der Waals surface area contributed by atoms with Crippen molar-refractivity contribution in [1.29, 1.82) is 0 Å². The van der Waals surface area contributed by atoms with Gasteiger partial charge < -0.3 is 19.8 Å². The topological polar surface area (TPSA) is 66.2 Å². The lowest BCUT2D eigenvalue weighted by atomic mass is 10.0. The maximum atomic E-state index is 13.4. The zero-order valence-corrected chi connectivity index (χ0v) is 18.7.